The molecular weight excluding hydrogens is 245 g/mol. The van der Waals surface area contributed by atoms with Gasteiger partial charge in [-0.2, -0.15) is 13.2 Å². The van der Waals surface area contributed by atoms with Crippen LogP contribution in [0.15, 0.2) is 36.4 Å². The fourth-order valence-corrected chi connectivity index (χ4v) is 1.35. The van der Waals surface area contributed by atoms with Gasteiger partial charge in [0.2, 0.25) is 0 Å². The van der Waals surface area contributed by atoms with Crippen LogP contribution in [0.4, 0.5) is 13.2 Å². The van der Waals surface area contributed by atoms with Gasteiger partial charge in [-0.15, -0.1) is 0 Å². The number of carbonyl (C=O) groups is 1. The van der Waals surface area contributed by atoms with E-state index in [1.165, 1.54) is 12.1 Å². The molecule has 1 rings (SSSR count). The van der Waals surface area contributed by atoms with Gasteiger partial charge in [-0.05, 0) is 12.1 Å². The van der Waals surface area contributed by atoms with Crippen LogP contribution in [-0.4, -0.2) is 19.0 Å². The fourth-order valence-electron chi connectivity index (χ4n) is 1.35. The van der Waals surface area contributed by atoms with Crippen molar-refractivity contribution >= 4 is 5.91 Å². The molecule has 0 atom stereocenters. The zero-order chi connectivity index (χ0) is 13.6. The molecule has 0 bridgehead atoms. The number of amides is 1. The van der Waals surface area contributed by atoms with Crippen molar-refractivity contribution < 1.29 is 18.0 Å². The molecule has 0 aliphatic heterocycles. The van der Waals surface area contributed by atoms with Gasteiger partial charge in [0, 0.05) is 13.1 Å². The first kappa shape index (κ1) is 14.2. The minimum absolute atomic E-state index is 0.141. The van der Waals surface area contributed by atoms with Crippen molar-refractivity contribution in [2.75, 3.05) is 13.1 Å². The Balaban J connectivity index is 2.83. The molecule has 0 unspecified atom stereocenters. The van der Waals surface area contributed by atoms with Crippen LogP contribution in [0, 0.1) is 0 Å². The molecule has 18 heavy (non-hydrogen) atoms. The van der Waals surface area contributed by atoms with Gasteiger partial charge in [0.15, 0.2) is 0 Å². The molecule has 0 saturated carbocycles. The highest BCUT2D eigenvalue weighted by molar-refractivity contribution is 5.95. The maximum absolute atomic E-state index is 12.6. The molecule has 1 amide bonds. The Kier molecular flexibility index (Phi) is 4.91. The third-order valence-electron chi connectivity index (χ3n) is 2.16. The zero-order valence-corrected chi connectivity index (χ0v) is 9.50. The van der Waals surface area contributed by atoms with Crippen LogP contribution >= 0.6 is 0 Å². The van der Waals surface area contributed by atoms with Crippen LogP contribution in [0.1, 0.15) is 15.9 Å². The van der Waals surface area contributed by atoms with Crippen LogP contribution in [0.25, 0.3) is 0 Å². The summed E-state index contributed by atoms with van der Waals surface area (Å²) in [6.07, 6.45) is -1.36. The van der Waals surface area contributed by atoms with E-state index >= 15 is 0 Å². The average molecular weight is 258 g/mol. The van der Waals surface area contributed by atoms with Gasteiger partial charge in [-0.25, -0.2) is 0 Å². The van der Waals surface area contributed by atoms with Gasteiger partial charge in [0.05, 0.1) is 11.1 Å². The lowest BCUT2D eigenvalue weighted by Gasteiger charge is -2.11. The third-order valence-corrected chi connectivity index (χ3v) is 2.16. The Morgan fingerprint density at radius 1 is 1.28 bits per heavy atom. The van der Waals surface area contributed by atoms with E-state index in [1.807, 2.05) is 0 Å². The number of nitrogens with two attached hydrogens (primary N) is 1. The smallest absolute Gasteiger partial charge is 0.349 e. The maximum Gasteiger partial charge on any atom is 0.417 e. The highest BCUT2D eigenvalue weighted by Crippen LogP contribution is 2.31. The lowest BCUT2D eigenvalue weighted by molar-refractivity contribution is -0.137. The van der Waals surface area contributed by atoms with Crippen LogP contribution < -0.4 is 11.1 Å². The predicted molar refractivity (Wildman–Crippen MR) is 62.0 cm³/mol. The Hall–Kier alpha value is -1.82. The molecule has 0 heterocycles. The number of benzene rings is 1. The van der Waals surface area contributed by atoms with E-state index in [1.54, 1.807) is 12.2 Å². The minimum atomic E-state index is -4.54. The number of carbonyl (C=O) groups excluding carboxylic acids is 1. The Morgan fingerprint density at radius 3 is 2.56 bits per heavy atom. The summed E-state index contributed by atoms with van der Waals surface area (Å²) in [5.41, 5.74) is 3.87. The number of nitrogens with one attached hydrogen (secondary N) is 1. The van der Waals surface area contributed by atoms with Crippen molar-refractivity contribution in [2.45, 2.75) is 6.18 Å². The second kappa shape index (κ2) is 6.20. The second-order valence-corrected chi connectivity index (χ2v) is 3.46. The van der Waals surface area contributed by atoms with E-state index < -0.39 is 17.6 Å². The van der Waals surface area contributed by atoms with Crippen LogP contribution in [-0.2, 0) is 6.18 Å². The first-order valence-corrected chi connectivity index (χ1v) is 5.26. The summed E-state index contributed by atoms with van der Waals surface area (Å²) in [4.78, 5) is 11.6. The highest BCUT2D eigenvalue weighted by Gasteiger charge is 2.34. The predicted octanol–water partition coefficient (Wildman–Crippen LogP) is 1.95. The van der Waals surface area contributed by atoms with E-state index in [9.17, 15) is 18.0 Å². The first-order valence-electron chi connectivity index (χ1n) is 5.26. The van der Waals surface area contributed by atoms with Gasteiger partial charge in [0.25, 0.3) is 5.91 Å². The largest absolute Gasteiger partial charge is 0.417 e. The molecule has 0 aromatic heterocycles. The zero-order valence-electron chi connectivity index (χ0n) is 9.50. The molecule has 0 aliphatic rings. The van der Waals surface area contributed by atoms with Crippen molar-refractivity contribution in [3.63, 3.8) is 0 Å². The van der Waals surface area contributed by atoms with Crippen molar-refractivity contribution in [2.24, 2.45) is 5.73 Å². The molecule has 0 radical (unpaired) electrons. The number of alkyl halides is 3. The summed E-state index contributed by atoms with van der Waals surface area (Å²) in [7, 11) is 0. The van der Waals surface area contributed by atoms with Gasteiger partial charge in [-0.1, -0.05) is 24.3 Å². The molecule has 0 spiro atoms. The minimum Gasteiger partial charge on any atom is -0.349 e. The van der Waals surface area contributed by atoms with Gasteiger partial charge >= 0.3 is 6.18 Å². The van der Waals surface area contributed by atoms with Gasteiger partial charge < -0.3 is 11.1 Å². The summed E-state index contributed by atoms with van der Waals surface area (Å²) in [6, 6.07) is 4.66. The van der Waals surface area contributed by atoms with Crippen LogP contribution in [0.3, 0.4) is 0 Å². The topological polar surface area (TPSA) is 55.1 Å². The van der Waals surface area contributed by atoms with Crippen LogP contribution in [0.5, 0.6) is 0 Å². The van der Waals surface area contributed by atoms with E-state index in [2.05, 4.69) is 5.32 Å². The van der Waals surface area contributed by atoms with E-state index in [0.29, 0.717) is 6.54 Å². The maximum atomic E-state index is 12.6. The Bertz CT molecular complexity index is 441. The highest BCUT2D eigenvalue weighted by atomic mass is 19.4. The molecule has 0 fully saturated rings. The molecule has 6 heteroatoms. The fraction of sp³-hybridized carbons (Fsp3) is 0.250. The van der Waals surface area contributed by atoms with Crippen molar-refractivity contribution in [1.82, 2.24) is 5.32 Å². The Morgan fingerprint density at radius 2 is 1.94 bits per heavy atom. The van der Waals surface area contributed by atoms with Crippen LogP contribution in [0.2, 0.25) is 0 Å². The molecule has 0 saturated heterocycles. The quantitative estimate of drug-likeness (QED) is 0.811. The first-order chi connectivity index (χ1) is 8.46. The summed E-state index contributed by atoms with van der Waals surface area (Å²) >= 11 is 0. The molecule has 3 N–H and O–H groups in total. The number of hydrogen-bond acceptors (Lipinski definition) is 2. The van der Waals surface area contributed by atoms with E-state index in [0.717, 1.165) is 12.1 Å². The van der Waals surface area contributed by atoms with Crippen molar-refractivity contribution in [3.05, 3.63) is 47.5 Å². The summed E-state index contributed by atoms with van der Waals surface area (Å²) in [5, 5.41) is 2.36. The van der Waals surface area contributed by atoms with Crippen molar-refractivity contribution in [1.29, 1.82) is 0 Å². The van der Waals surface area contributed by atoms with Crippen molar-refractivity contribution in [3.8, 4) is 0 Å². The lowest BCUT2D eigenvalue weighted by atomic mass is 10.1. The molecule has 3 nitrogen and oxygen atoms in total. The normalized spacial score (nSPS) is 11.8. The number of halogens is 3. The Labute approximate surface area is 102 Å². The summed E-state index contributed by atoms with van der Waals surface area (Å²) in [6.45, 7) is 0.456. The van der Waals surface area contributed by atoms with E-state index in [4.69, 9.17) is 5.73 Å². The number of rotatable bonds is 4. The molecule has 98 valence electrons. The lowest BCUT2D eigenvalue weighted by Crippen LogP contribution is -2.26. The standard InChI is InChI=1S/C12H13F3N2O/c13-12(14,15)10-6-2-1-5-9(10)11(18)17-8-4-3-7-16/h1-6H,7-8,16H2,(H,17,18)/b4-3+. The summed E-state index contributed by atoms with van der Waals surface area (Å²) < 4.78 is 37.9. The monoisotopic (exact) mass is 258 g/mol. The number of hydrogen-bond donors (Lipinski definition) is 2. The SMILES string of the molecule is NC/C=C/CNC(=O)c1ccccc1C(F)(F)F. The van der Waals surface area contributed by atoms with E-state index in [-0.39, 0.29) is 12.1 Å². The average Bonchev–Trinajstić information content (AvgIpc) is 2.33. The molecule has 1 aromatic rings. The van der Waals surface area contributed by atoms with Gasteiger partial charge in [0.1, 0.15) is 0 Å². The summed E-state index contributed by atoms with van der Waals surface area (Å²) in [5.74, 6) is -0.760. The third kappa shape index (κ3) is 3.89. The molecular formula is C12H13F3N2O. The second-order valence-electron chi connectivity index (χ2n) is 3.46. The molecule has 1 aromatic carbocycles. The molecule has 0 aliphatic carbocycles. The van der Waals surface area contributed by atoms with Gasteiger partial charge in [-0.3, -0.25) is 4.79 Å².